The minimum atomic E-state index is -1.46. The quantitative estimate of drug-likeness (QED) is 0.0532. The Morgan fingerprint density at radius 3 is 2.44 bits per heavy atom. The number of benzene rings is 3. The summed E-state index contributed by atoms with van der Waals surface area (Å²) in [5, 5.41) is 27.4. The molecule has 0 bridgehead atoms. The van der Waals surface area contributed by atoms with Gasteiger partial charge in [-0.15, -0.1) is 6.58 Å². The third-order valence-electron chi connectivity index (χ3n) is 12.5. The van der Waals surface area contributed by atoms with Crippen LogP contribution in [0.5, 0.6) is 34.5 Å². The Balaban J connectivity index is 1.39. The van der Waals surface area contributed by atoms with E-state index in [0.717, 1.165) is 36.8 Å². The summed E-state index contributed by atoms with van der Waals surface area (Å²) in [7, 11) is 3.05. The summed E-state index contributed by atoms with van der Waals surface area (Å²) in [4.78, 5) is 36.3. The molecule has 2 aliphatic heterocycles. The number of aliphatic hydroxyl groups is 2. The molecule has 3 N–H and O–H groups in total. The number of hydrogen-bond donors (Lipinski definition) is 3. The van der Waals surface area contributed by atoms with Crippen LogP contribution in [0, 0.1) is 17.8 Å². The molecule has 64 heavy (non-hydrogen) atoms. The van der Waals surface area contributed by atoms with Crippen molar-refractivity contribution < 1.29 is 57.8 Å². The first-order chi connectivity index (χ1) is 31.2. The van der Waals surface area contributed by atoms with E-state index in [9.17, 15) is 15.0 Å². The number of ether oxygens (including phenoxy) is 7. The largest absolute Gasteiger partial charge is 0.497 e. The van der Waals surface area contributed by atoms with E-state index >= 15 is 4.79 Å². The van der Waals surface area contributed by atoms with E-state index in [4.69, 9.17) is 43.2 Å². The first-order valence-corrected chi connectivity index (χ1v) is 22.4. The van der Waals surface area contributed by atoms with Gasteiger partial charge in [-0.3, -0.25) is 10.1 Å². The Hall–Kier alpha value is -5.77. The molecule has 344 valence electrons. The van der Waals surface area contributed by atoms with Crippen LogP contribution in [0.1, 0.15) is 87.1 Å². The Kier molecular flexibility index (Phi) is 15.4. The van der Waals surface area contributed by atoms with Crippen molar-refractivity contribution >= 4 is 23.4 Å². The molecule has 6 atom stereocenters. The van der Waals surface area contributed by atoms with E-state index in [0.29, 0.717) is 78.1 Å². The number of amides is 2. The van der Waals surface area contributed by atoms with Crippen LogP contribution in [0.25, 0.3) is 0 Å². The van der Waals surface area contributed by atoms with Crippen LogP contribution in [0.2, 0.25) is 0 Å². The Morgan fingerprint density at radius 2 is 1.70 bits per heavy atom. The van der Waals surface area contributed by atoms with Crippen molar-refractivity contribution in [3.63, 3.8) is 0 Å². The lowest BCUT2D eigenvalue weighted by Crippen LogP contribution is -2.70. The molecular formula is C49H61N3O12. The molecule has 3 aromatic rings. The van der Waals surface area contributed by atoms with Crippen molar-refractivity contribution in [1.29, 1.82) is 0 Å². The van der Waals surface area contributed by atoms with Crippen molar-refractivity contribution in [3.05, 3.63) is 90.0 Å². The highest BCUT2D eigenvalue weighted by Crippen LogP contribution is 2.62. The molecule has 4 aliphatic rings. The zero-order valence-corrected chi connectivity index (χ0v) is 37.2. The topological polar surface area (TPSA) is 176 Å². The maximum atomic E-state index is 15.0. The second-order valence-corrected chi connectivity index (χ2v) is 16.3. The highest BCUT2D eigenvalue weighted by atomic mass is 16.7. The highest BCUT2D eigenvalue weighted by Gasteiger charge is 2.65. The fraction of sp³-hybridized carbons (Fsp3) is 0.490. The lowest BCUT2D eigenvalue weighted by atomic mass is 9.55. The second-order valence-electron chi connectivity index (χ2n) is 16.3. The normalized spacial score (nSPS) is 23.2. The molecule has 0 spiro atoms. The van der Waals surface area contributed by atoms with Crippen LogP contribution in [-0.2, 0) is 9.57 Å². The van der Waals surface area contributed by atoms with Crippen molar-refractivity contribution in [2.24, 2.45) is 22.9 Å². The molecule has 15 heteroatoms. The molecule has 0 saturated heterocycles. The third-order valence-corrected chi connectivity index (χ3v) is 12.5. The van der Waals surface area contributed by atoms with Gasteiger partial charge in [0.05, 0.1) is 38.1 Å². The summed E-state index contributed by atoms with van der Waals surface area (Å²) >= 11 is 0. The maximum Gasteiger partial charge on any atom is 0.417 e. The molecule has 2 amide bonds. The van der Waals surface area contributed by atoms with Crippen molar-refractivity contribution in [2.75, 3.05) is 59.3 Å². The number of aliphatic hydroxyl groups excluding tert-OH is 2. The van der Waals surface area contributed by atoms with Crippen LogP contribution in [0.15, 0.2) is 84.1 Å². The fourth-order valence-corrected chi connectivity index (χ4v) is 9.83. The summed E-state index contributed by atoms with van der Waals surface area (Å²) in [6.45, 7) is 8.95. The minimum Gasteiger partial charge on any atom is -0.497 e. The first kappa shape index (κ1) is 46.2. The van der Waals surface area contributed by atoms with Gasteiger partial charge in [-0.1, -0.05) is 37.1 Å². The number of anilines is 1. The zero-order valence-electron chi connectivity index (χ0n) is 37.2. The van der Waals surface area contributed by atoms with Gasteiger partial charge in [0.2, 0.25) is 12.6 Å². The van der Waals surface area contributed by atoms with Gasteiger partial charge in [-0.05, 0) is 105 Å². The van der Waals surface area contributed by atoms with Gasteiger partial charge in [0.25, 0.3) is 5.91 Å². The van der Waals surface area contributed by atoms with Crippen LogP contribution in [0.3, 0.4) is 0 Å². The lowest BCUT2D eigenvalue weighted by Gasteiger charge is -2.60. The number of methoxy groups -OCH3 is 2. The summed E-state index contributed by atoms with van der Waals surface area (Å²) in [6.07, 6.45) is 8.45. The molecule has 2 heterocycles. The number of allylic oxidation sites excluding steroid dienone is 1. The molecule has 3 aromatic carbocycles. The molecule has 15 nitrogen and oxygen atoms in total. The Labute approximate surface area is 374 Å². The number of hydrogen-bond acceptors (Lipinski definition) is 13. The minimum absolute atomic E-state index is 0.0188. The van der Waals surface area contributed by atoms with Crippen LogP contribution in [0.4, 0.5) is 10.5 Å². The van der Waals surface area contributed by atoms with Gasteiger partial charge >= 0.3 is 6.09 Å². The lowest BCUT2D eigenvalue weighted by molar-refractivity contribution is -0.254. The van der Waals surface area contributed by atoms with Crippen LogP contribution < -0.4 is 33.7 Å². The number of unbranched alkanes of at least 4 members (excludes halogenated alkanes) is 2. The number of carbonyl (C=O) groups is 2. The number of oxime groups is 1. The fourth-order valence-electron chi connectivity index (χ4n) is 9.83. The SMILES string of the molecule is C=CCO[C@@]12Oc3ccc(OC(=O)Nc4ccc(OC)cc4OC)cc3[C@H]3[C@H](CCCCO)[C@@H](CCCCO)C=C(C(=NOCC)C[C@@H]1N(CCC)C(=O)c1ccc4c(c1)OCO4)[C@H]32. The Morgan fingerprint density at radius 1 is 0.938 bits per heavy atom. The Bertz CT molecular complexity index is 2190. The van der Waals surface area contributed by atoms with E-state index in [2.05, 4.69) is 18.0 Å². The molecule has 0 aromatic heterocycles. The van der Waals surface area contributed by atoms with E-state index in [1.165, 1.54) is 7.11 Å². The second kappa shape index (κ2) is 21.3. The average Bonchev–Trinajstić information content (AvgIpc) is 3.79. The van der Waals surface area contributed by atoms with Gasteiger partial charge in [0, 0.05) is 49.3 Å². The number of nitrogens with one attached hydrogen (secondary N) is 1. The van der Waals surface area contributed by atoms with Gasteiger partial charge in [0.1, 0.15) is 35.6 Å². The van der Waals surface area contributed by atoms with E-state index in [1.54, 1.807) is 61.7 Å². The molecular weight excluding hydrogens is 823 g/mol. The summed E-state index contributed by atoms with van der Waals surface area (Å²) in [5.74, 6) is 0.283. The monoisotopic (exact) mass is 883 g/mol. The number of nitrogens with zero attached hydrogens (tertiary/aromatic N) is 2. The van der Waals surface area contributed by atoms with Crippen molar-refractivity contribution in [2.45, 2.75) is 83.0 Å². The zero-order chi connectivity index (χ0) is 45.2. The van der Waals surface area contributed by atoms with Crippen LogP contribution >= 0.6 is 0 Å². The average molecular weight is 884 g/mol. The molecule has 0 radical (unpaired) electrons. The summed E-state index contributed by atoms with van der Waals surface area (Å²) < 4.78 is 42.5. The first-order valence-electron chi connectivity index (χ1n) is 22.4. The van der Waals surface area contributed by atoms with E-state index in [1.807, 2.05) is 24.8 Å². The van der Waals surface area contributed by atoms with Gasteiger partial charge in [-0.25, -0.2) is 4.79 Å². The van der Waals surface area contributed by atoms with Gasteiger partial charge in [0.15, 0.2) is 11.5 Å². The summed E-state index contributed by atoms with van der Waals surface area (Å²) in [6, 6.07) is 14.9. The number of fused-ring (bicyclic) bond motifs is 3. The predicted molar refractivity (Wildman–Crippen MR) is 240 cm³/mol. The molecule has 1 fully saturated rings. The highest BCUT2D eigenvalue weighted by molar-refractivity contribution is 6.03. The van der Waals surface area contributed by atoms with Crippen molar-refractivity contribution in [1.82, 2.24) is 4.90 Å². The molecule has 1 saturated carbocycles. The molecule has 7 rings (SSSR count). The van der Waals surface area contributed by atoms with Crippen LogP contribution in [-0.4, -0.2) is 98.6 Å². The smallest absolute Gasteiger partial charge is 0.417 e. The summed E-state index contributed by atoms with van der Waals surface area (Å²) in [5.41, 5.74) is 3.22. The molecule has 0 unspecified atom stereocenters. The number of rotatable bonds is 21. The van der Waals surface area contributed by atoms with Gasteiger partial charge < -0.3 is 53.1 Å². The number of carbonyl (C=O) groups excluding carboxylic acids is 2. The maximum absolute atomic E-state index is 15.0. The molecule has 2 aliphatic carbocycles. The van der Waals surface area contributed by atoms with E-state index in [-0.39, 0.29) is 62.4 Å². The van der Waals surface area contributed by atoms with E-state index < -0.39 is 23.8 Å². The standard InChI is InChI=1S/C49H61N3O12/c1-6-21-52(47(55)32-15-19-41-43(26-32)60-30-59-41)44-29-39(51-62-8-3)36-25-31(13-9-11-22-53)35(14-10-12-23-54)45-37-27-34(17-20-40(37)64-49(44,46(36)45)61-24-7-2)63-48(56)50-38-18-16-33(57-4)28-42(38)58-5/h7,15-20,25-28,31,35,44-46,53-54H,2,6,8-14,21-24,29-30H2,1,3-5H3,(H,50,56)/t31-,35+,44-,45+,46+,49+/m0/s1. The van der Waals surface area contributed by atoms with Gasteiger partial charge in [-0.2, -0.15) is 0 Å². The third kappa shape index (κ3) is 9.52. The van der Waals surface area contributed by atoms with Crippen molar-refractivity contribution in [3.8, 4) is 34.5 Å². The predicted octanol–water partition coefficient (Wildman–Crippen LogP) is 8.25.